The van der Waals surface area contributed by atoms with Gasteiger partial charge in [0, 0.05) is 37.0 Å². The highest BCUT2D eigenvalue weighted by Crippen LogP contribution is 2.42. The highest BCUT2D eigenvalue weighted by molar-refractivity contribution is 7.89. The summed E-state index contributed by atoms with van der Waals surface area (Å²) in [7, 11) is -2.13. The number of amides is 2. The first-order valence-electron chi connectivity index (χ1n) is 8.94. The number of likely N-dealkylation sites (tertiary alicyclic amines) is 1. The zero-order valence-corrected chi connectivity index (χ0v) is 15.4. The predicted molar refractivity (Wildman–Crippen MR) is 92.9 cm³/mol. The highest BCUT2D eigenvalue weighted by Gasteiger charge is 2.50. The molecule has 0 N–H and O–H groups in total. The van der Waals surface area contributed by atoms with Crippen LogP contribution in [-0.4, -0.2) is 54.7 Å². The fraction of sp³-hybridized carbons (Fsp3) is 0.556. The molecule has 140 valence electrons. The molecule has 3 aliphatic rings. The lowest BCUT2D eigenvalue weighted by atomic mass is 9.98. The van der Waals surface area contributed by atoms with Gasteiger partial charge in [-0.1, -0.05) is 6.07 Å². The van der Waals surface area contributed by atoms with Gasteiger partial charge in [-0.25, -0.2) is 8.42 Å². The Kier molecular flexibility index (Phi) is 4.27. The Hall–Kier alpha value is -1.93. The van der Waals surface area contributed by atoms with E-state index >= 15 is 0 Å². The van der Waals surface area contributed by atoms with E-state index < -0.39 is 10.0 Å². The Balaban J connectivity index is 1.60. The Morgan fingerprint density at radius 3 is 2.19 bits per heavy atom. The number of hydrogen-bond acceptors (Lipinski definition) is 5. The maximum Gasteiger partial charge on any atom is 0.243 e. The number of carbonyl (C=O) groups is 2. The van der Waals surface area contributed by atoms with Crippen molar-refractivity contribution in [2.75, 3.05) is 7.11 Å². The third-order valence-electron chi connectivity index (χ3n) is 5.71. The number of benzene rings is 1. The standard InChI is InChI=1S/C18H22N2O5S/c1-25-15-3-2-4-16(11-15)26(23,24)20-12-5-6-13(20)10-14(9-12)19-17(21)7-8-18(19)22/h2-4,11-14H,5-10H2,1H3. The van der Waals surface area contributed by atoms with Crippen molar-refractivity contribution < 1.29 is 22.7 Å². The number of sulfonamides is 1. The van der Waals surface area contributed by atoms with Gasteiger partial charge in [-0.2, -0.15) is 4.31 Å². The molecule has 8 heteroatoms. The smallest absolute Gasteiger partial charge is 0.243 e. The van der Waals surface area contributed by atoms with Crippen molar-refractivity contribution in [3.63, 3.8) is 0 Å². The lowest BCUT2D eigenvalue weighted by Gasteiger charge is -2.40. The molecule has 2 bridgehead atoms. The van der Waals surface area contributed by atoms with Crippen LogP contribution in [-0.2, 0) is 19.6 Å². The molecule has 2 atom stereocenters. The Bertz CT molecular complexity index is 823. The van der Waals surface area contributed by atoms with Gasteiger partial charge in [-0.3, -0.25) is 14.5 Å². The molecule has 0 spiro atoms. The number of nitrogens with zero attached hydrogens (tertiary/aromatic N) is 2. The van der Waals surface area contributed by atoms with Gasteiger partial charge >= 0.3 is 0 Å². The molecule has 26 heavy (non-hydrogen) atoms. The molecule has 7 nitrogen and oxygen atoms in total. The molecule has 3 fully saturated rings. The number of rotatable bonds is 4. The molecule has 4 rings (SSSR count). The minimum atomic E-state index is -3.64. The summed E-state index contributed by atoms with van der Waals surface area (Å²) in [5.74, 6) is 0.258. The molecule has 3 saturated heterocycles. The molecule has 2 amide bonds. The van der Waals surface area contributed by atoms with E-state index in [1.165, 1.54) is 18.1 Å². The lowest BCUT2D eigenvalue weighted by molar-refractivity contribution is -0.142. The first-order valence-corrected chi connectivity index (χ1v) is 10.4. The molecule has 0 saturated carbocycles. The fourth-order valence-electron chi connectivity index (χ4n) is 4.59. The predicted octanol–water partition coefficient (Wildman–Crippen LogP) is 1.53. The van der Waals surface area contributed by atoms with Crippen LogP contribution in [0.15, 0.2) is 29.2 Å². The van der Waals surface area contributed by atoms with E-state index in [1.54, 1.807) is 22.5 Å². The van der Waals surface area contributed by atoms with E-state index in [4.69, 9.17) is 4.74 Å². The van der Waals surface area contributed by atoms with Gasteiger partial charge in [0.15, 0.2) is 0 Å². The van der Waals surface area contributed by atoms with Crippen LogP contribution in [0.2, 0.25) is 0 Å². The summed E-state index contributed by atoms with van der Waals surface area (Å²) in [4.78, 5) is 25.7. The second-order valence-electron chi connectivity index (χ2n) is 7.18. The van der Waals surface area contributed by atoms with Crippen molar-refractivity contribution in [3.8, 4) is 5.75 Å². The van der Waals surface area contributed by atoms with Crippen LogP contribution in [0.4, 0.5) is 0 Å². The van der Waals surface area contributed by atoms with Gasteiger partial charge in [0.2, 0.25) is 21.8 Å². The van der Waals surface area contributed by atoms with E-state index in [1.807, 2.05) is 0 Å². The van der Waals surface area contributed by atoms with Crippen LogP contribution >= 0.6 is 0 Å². The number of piperidine rings is 1. The van der Waals surface area contributed by atoms with Crippen molar-refractivity contribution >= 4 is 21.8 Å². The number of fused-ring (bicyclic) bond motifs is 2. The van der Waals surface area contributed by atoms with Gasteiger partial charge < -0.3 is 4.74 Å². The van der Waals surface area contributed by atoms with Crippen molar-refractivity contribution in [1.82, 2.24) is 9.21 Å². The molecular formula is C18H22N2O5S. The third-order valence-corrected chi connectivity index (χ3v) is 7.71. The molecular weight excluding hydrogens is 356 g/mol. The average Bonchev–Trinajstić information content (AvgIpc) is 3.11. The Morgan fingerprint density at radius 1 is 1.00 bits per heavy atom. The molecule has 2 unspecified atom stereocenters. The van der Waals surface area contributed by atoms with Crippen molar-refractivity contribution in [2.24, 2.45) is 0 Å². The largest absolute Gasteiger partial charge is 0.497 e. The Labute approximate surface area is 153 Å². The van der Waals surface area contributed by atoms with Crippen LogP contribution in [0.5, 0.6) is 5.75 Å². The summed E-state index contributed by atoms with van der Waals surface area (Å²) in [6.45, 7) is 0. The maximum absolute atomic E-state index is 13.2. The first kappa shape index (κ1) is 17.5. The van der Waals surface area contributed by atoms with Gasteiger partial charge in [0.1, 0.15) is 5.75 Å². The van der Waals surface area contributed by atoms with E-state index in [0.29, 0.717) is 18.6 Å². The molecule has 3 aliphatic heterocycles. The van der Waals surface area contributed by atoms with Crippen molar-refractivity contribution in [2.45, 2.75) is 61.5 Å². The van der Waals surface area contributed by atoms with Crippen molar-refractivity contribution in [1.29, 1.82) is 0 Å². The van der Waals surface area contributed by atoms with Gasteiger partial charge in [0.05, 0.1) is 12.0 Å². The number of hydrogen-bond donors (Lipinski definition) is 0. The molecule has 0 aromatic heterocycles. The number of imide groups is 1. The highest BCUT2D eigenvalue weighted by atomic mass is 32.2. The normalized spacial score (nSPS) is 29.4. The second kappa shape index (κ2) is 6.35. The number of methoxy groups -OCH3 is 1. The monoisotopic (exact) mass is 378 g/mol. The van der Waals surface area contributed by atoms with Crippen LogP contribution < -0.4 is 4.74 Å². The summed E-state index contributed by atoms with van der Waals surface area (Å²) >= 11 is 0. The minimum Gasteiger partial charge on any atom is -0.497 e. The van der Waals surface area contributed by atoms with Gasteiger partial charge in [-0.05, 0) is 37.8 Å². The second-order valence-corrected chi connectivity index (χ2v) is 9.02. The summed E-state index contributed by atoms with van der Waals surface area (Å²) in [5, 5.41) is 0. The van der Waals surface area contributed by atoms with Crippen molar-refractivity contribution in [3.05, 3.63) is 24.3 Å². The molecule has 1 aromatic rings. The maximum atomic E-state index is 13.2. The van der Waals surface area contributed by atoms with E-state index in [-0.39, 0.29) is 47.7 Å². The van der Waals surface area contributed by atoms with E-state index in [9.17, 15) is 18.0 Å². The minimum absolute atomic E-state index is 0.122. The van der Waals surface area contributed by atoms with Crippen LogP contribution in [0.25, 0.3) is 0 Å². The number of ether oxygens (including phenoxy) is 1. The summed E-state index contributed by atoms with van der Waals surface area (Å²) in [6.07, 6.45) is 3.13. The summed E-state index contributed by atoms with van der Waals surface area (Å²) in [6, 6.07) is 5.98. The number of carbonyl (C=O) groups excluding carboxylic acids is 2. The topological polar surface area (TPSA) is 84.0 Å². The molecule has 0 aliphatic carbocycles. The summed E-state index contributed by atoms with van der Waals surface area (Å²) < 4.78 is 33.1. The zero-order chi connectivity index (χ0) is 18.5. The van der Waals surface area contributed by atoms with E-state index in [2.05, 4.69) is 0 Å². The SMILES string of the molecule is COc1cccc(S(=O)(=O)N2C3CCC2CC(N2C(=O)CCC2=O)C3)c1. The van der Waals surface area contributed by atoms with Crippen LogP contribution in [0, 0.1) is 0 Å². The zero-order valence-electron chi connectivity index (χ0n) is 14.6. The van der Waals surface area contributed by atoms with Crippen LogP contribution in [0.3, 0.4) is 0 Å². The van der Waals surface area contributed by atoms with Gasteiger partial charge in [-0.15, -0.1) is 0 Å². The molecule has 0 radical (unpaired) electrons. The quantitative estimate of drug-likeness (QED) is 0.742. The molecule has 3 heterocycles. The lowest BCUT2D eigenvalue weighted by Crippen LogP contribution is -2.53. The van der Waals surface area contributed by atoms with Crippen LogP contribution in [0.1, 0.15) is 38.5 Å². The summed E-state index contributed by atoms with van der Waals surface area (Å²) in [5.41, 5.74) is 0. The first-order chi connectivity index (χ1) is 12.4. The fourth-order valence-corrected chi connectivity index (χ4v) is 6.52. The Morgan fingerprint density at radius 2 is 1.62 bits per heavy atom. The van der Waals surface area contributed by atoms with Gasteiger partial charge in [0.25, 0.3) is 0 Å². The average molecular weight is 378 g/mol. The van der Waals surface area contributed by atoms with E-state index in [0.717, 1.165) is 12.8 Å². The third kappa shape index (κ3) is 2.72. The molecule has 1 aromatic carbocycles.